The number of aliphatic hydroxyl groups excluding tert-OH is 1. The molecule has 0 saturated heterocycles. The van der Waals surface area contributed by atoms with Crippen molar-refractivity contribution in [1.29, 1.82) is 0 Å². The first-order valence-electron chi connectivity index (χ1n) is 2.07. The molecule has 0 aliphatic heterocycles. The van der Waals surface area contributed by atoms with E-state index in [1.165, 1.54) is 0 Å². The fraction of sp³-hybridized carbons (Fsp3) is 0.333. The lowest BCUT2D eigenvalue weighted by molar-refractivity contribution is 0.336. The zero-order valence-electron chi connectivity index (χ0n) is 4.31. The van der Waals surface area contributed by atoms with Crippen molar-refractivity contribution in [3.8, 4) is 12.3 Å². The summed E-state index contributed by atoms with van der Waals surface area (Å²) in [4.78, 5) is 0. The molecule has 0 spiro atoms. The zero-order chi connectivity index (χ0) is 5.70. The van der Waals surface area contributed by atoms with E-state index in [1.54, 1.807) is 13.0 Å². The Morgan fingerprint density at radius 2 is 2.57 bits per heavy atom. The number of aliphatic hydroxyl groups is 1. The Morgan fingerprint density at radius 3 is 2.57 bits per heavy atom. The quantitative estimate of drug-likeness (QED) is 0.473. The summed E-state index contributed by atoms with van der Waals surface area (Å²) in [5, 5.41) is 8.32. The lowest BCUT2D eigenvalue weighted by Gasteiger charge is -1.84. The second-order valence-corrected chi connectivity index (χ2v) is 1.12. The van der Waals surface area contributed by atoms with Crippen molar-refractivity contribution in [2.45, 2.75) is 6.92 Å². The number of allylic oxidation sites excluding steroid dienone is 1. The van der Waals surface area contributed by atoms with Gasteiger partial charge in [-0.3, -0.25) is 0 Å². The smallest absolute Gasteiger partial charge is 0.0756 e. The highest BCUT2D eigenvalue weighted by molar-refractivity contribution is 5.24. The van der Waals surface area contributed by atoms with Gasteiger partial charge in [-0.05, 0) is 6.92 Å². The lowest BCUT2D eigenvalue weighted by Crippen LogP contribution is -1.82. The minimum atomic E-state index is -0.0208. The Morgan fingerprint density at radius 1 is 2.00 bits per heavy atom. The molecule has 0 rings (SSSR count). The minimum Gasteiger partial charge on any atom is -0.391 e. The maximum Gasteiger partial charge on any atom is 0.0756 e. The molecule has 0 aliphatic carbocycles. The molecule has 0 fully saturated rings. The normalized spacial score (nSPS) is 10.7. The third kappa shape index (κ3) is 2.02. The molecule has 0 saturated carbocycles. The van der Waals surface area contributed by atoms with Gasteiger partial charge in [0.2, 0.25) is 0 Å². The molecule has 0 aromatic carbocycles. The van der Waals surface area contributed by atoms with Crippen LogP contribution in [0.25, 0.3) is 0 Å². The summed E-state index contributed by atoms with van der Waals surface area (Å²) in [5.41, 5.74) is 0.639. The Hall–Kier alpha value is -0.740. The molecule has 0 aromatic rings. The fourth-order valence-electron chi connectivity index (χ4n) is 0.220. The summed E-state index contributed by atoms with van der Waals surface area (Å²) in [5.74, 6) is 2.31. The van der Waals surface area contributed by atoms with Gasteiger partial charge in [0.25, 0.3) is 0 Å². The standard InChI is InChI=1S/C6H8O/c1-3-6(4-2)5-7/h1,4,7H,5H2,2H3/b6-4-. The molecule has 0 aromatic heterocycles. The second-order valence-electron chi connectivity index (χ2n) is 1.12. The van der Waals surface area contributed by atoms with Gasteiger partial charge in [-0.2, -0.15) is 0 Å². The first kappa shape index (κ1) is 6.26. The van der Waals surface area contributed by atoms with Crippen LogP contribution in [0.15, 0.2) is 11.6 Å². The Labute approximate surface area is 43.7 Å². The van der Waals surface area contributed by atoms with Crippen molar-refractivity contribution in [3.63, 3.8) is 0 Å². The Kier molecular flexibility index (Phi) is 3.09. The number of hydrogen-bond donors (Lipinski definition) is 1. The average Bonchev–Trinajstić information content (AvgIpc) is 1.72. The third-order valence-corrected chi connectivity index (χ3v) is 0.704. The molecule has 38 valence electrons. The van der Waals surface area contributed by atoms with Crippen molar-refractivity contribution < 1.29 is 5.11 Å². The summed E-state index contributed by atoms with van der Waals surface area (Å²) in [6.07, 6.45) is 6.62. The molecular formula is C6H8O. The summed E-state index contributed by atoms with van der Waals surface area (Å²) >= 11 is 0. The van der Waals surface area contributed by atoms with Gasteiger partial charge >= 0.3 is 0 Å². The molecule has 1 nitrogen and oxygen atoms in total. The van der Waals surface area contributed by atoms with Crippen LogP contribution in [-0.2, 0) is 0 Å². The highest BCUT2D eigenvalue weighted by Crippen LogP contribution is 1.85. The van der Waals surface area contributed by atoms with Gasteiger partial charge in [0, 0.05) is 5.57 Å². The lowest BCUT2D eigenvalue weighted by atomic mass is 10.3. The molecule has 1 N–H and O–H groups in total. The average molecular weight is 96.1 g/mol. The zero-order valence-corrected chi connectivity index (χ0v) is 4.31. The van der Waals surface area contributed by atoms with E-state index < -0.39 is 0 Å². The van der Waals surface area contributed by atoms with Crippen LogP contribution in [0.1, 0.15) is 6.92 Å². The van der Waals surface area contributed by atoms with Crippen LogP contribution in [-0.4, -0.2) is 11.7 Å². The van der Waals surface area contributed by atoms with Crippen molar-refractivity contribution >= 4 is 0 Å². The molecule has 0 amide bonds. The SMILES string of the molecule is C#C/C(=C/C)CO. The number of rotatable bonds is 1. The molecule has 1 heteroatoms. The maximum absolute atomic E-state index is 8.32. The van der Waals surface area contributed by atoms with Crippen LogP contribution >= 0.6 is 0 Å². The van der Waals surface area contributed by atoms with E-state index in [4.69, 9.17) is 11.5 Å². The summed E-state index contributed by atoms with van der Waals surface area (Å²) < 4.78 is 0. The van der Waals surface area contributed by atoms with Gasteiger partial charge in [-0.15, -0.1) is 6.42 Å². The van der Waals surface area contributed by atoms with Crippen molar-refractivity contribution in [3.05, 3.63) is 11.6 Å². The molecular weight excluding hydrogens is 88.1 g/mol. The molecule has 0 heterocycles. The summed E-state index contributed by atoms with van der Waals surface area (Å²) in [6, 6.07) is 0. The van der Waals surface area contributed by atoms with Crippen LogP contribution < -0.4 is 0 Å². The monoisotopic (exact) mass is 96.1 g/mol. The molecule has 0 aliphatic rings. The van der Waals surface area contributed by atoms with Crippen LogP contribution in [0.4, 0.5) is 0 Å². The Balaban J connectivity index is 3.68. The van der Waals surface area contributed by atoms with Crippen LogP contribution in [0, 0.1) is 12.3 Å². The Bertz CT molecular complexity index is 106. The van der Waals surface area contributed by atoms with Gasteiger partial charge in [0.1, 0.15) is 0 Å². The molecule has 0 radical (unpaired) electrons. The van der Waals surface area contributed by atoms with E-state index in [-0.39, 0.29) is 6.61 Å². The number of terminal acetylenes is 1. The van der Waals surface area contributed by atoms with Gasteiger partial charge in [0.15, 0.2) is 0 Å². The largest absolute Gasteiger partial charge is 0.391 e. The van der Waals surface area contributed by atoms with Crippen LogP contribution in [0.2, 0.25) is 0 Å². The van der Waals surface area contributed by atoms with E-state index in [0.29, 0.717) is 5.57 Å². The fourth-order valence-corrected chi connectivity index (χ4v) is 0.220. The molecule has 7 heavy (non-hydrogen) atoms. The first-order valence-corrected chi connectivity index (χ1v) is 2.07. The van der Waals surface area contributed by atoms with Crippen molar-refractivity contribution in [1.82, 2.24) is 0 Å². The van der Waals surface area contributed by atoms with Gasteiger partial charge in [-0.25, -0.2) is 0 Å². The van der Waals surface area contributed by atoms with Crippen LogP contribution in [0.3, 0.4) is 0 Å². The first-order chi connectivity index (χ1) is 3.35. The van der Waals surface area contributed by atoms with E-state index in [0.717, 1.165) is 0 Å². The predicted octanol–water partition coefficient (Wildman–Crippen LogP) is 0.558. The highest BCUT2D eigenvalue weighted by Gasteiger charge is 1.79. The predicted molar refractivity (Wildman–Crippen MR) is 29.7 cm³/mol. The van der Waals surface area contributed by atoms with E-state index in [9.17, 15) is 0 Å². The van der Waals surface area contributed by atoms with Crippen molar-refractivity contribution in [2.24, 2.45) is 0 Å². The van der Waals surface area contributed by atoms with Crippen LogP contribution in [0.5, 0.6) is 0 Å². The van der Waals surface area contributed by atoms with E-state index in [2.05, 4.69) is 5.92 Å². The molecule has 0 atom stereocenters. The molecule has 0 bridgehead atoms. The van der Waals surface area contributed by atoms with Crippen molar-refractivity contribution in [2.75, 3.05) is 6.61 Å². The molecule has 0 unspecified atom stereocenters. The van der Waals surface area contributed by atoms with E-state index in [1.807, 2.05) is 0 Å². The maximum atomic E-state index is 8.32. The number of hydrogen-bond acceptors (Lipinski definition) is 1. The van der Waals surface area contributed by atoms with E-state index >= 15 is 0 Å². The second kappa shape index (κ2) is 3.45. The topological polar surface area (TPSA) is 20.2 Å². The summed E-state index contributed by atoms with van der Waals surface area (Å²) in [6.45, 7) is 1.78. The summed E-state index contributed by atoms with van der Waals surface area (Å²) in [7, 11) is 0. The van der Waals surface area contributed by atoms with Gasteiger partial charge < -0.3 is 5.11 Å². The minimum absolute atomic E-state index is 0.0208. The highest BCUT2D eigenvalue weighted by atomic mass is 16.3. The third-order valence-electron chi connectivity index (χ3n) is 0.704. The van der Waals surface area contributed by atoms with Gasteiger partial charge in [0.05, 0.1) is 6.61 Å². The van der Waals surface area contributed by atoms with Gasteiger partial charge in [-0.1, -0.05) is 12.0 Å².